The van der Waals surface area contributed by atoms with Crippen molar-refractivity contribution in [3.8, 4) is 22.8 Å². The van der Waals surface area contributed by atoms with Gasteiger partial charge in [-0.2, -0.15) is 0 Å². The maximum atomic E-state index is 15.2. The molecule has 0 spiro atoms. The van der Waals surface area contributed by atoms with Crippen LogP contribution in [0.4, 0.5) is 16.0 Å². The van der Waals surface area contributed by atoms with Crippen molar-refractivity contribution in [3.05, 3.63) is 93.9 Å². The van der Waals surface area contributed by atoms with Gasteiger partial charge in [-0.15, -0.1) is 0 Å². The van der Waals surface area contributed by atoms with Crippen molar-refractivity contribution >= 4 is 40.8 Å². The molecule has 0 atom stereocenters. The van der Waals surface area contributed by atoms with E-state index in [0.717, 1.165) is 5.56 Å². The zero-order chi connectivity index (χ0) is 31.9. The second kappa shape index (κ2) is 14.2. The lowest BCUT2D eigenvalue weighted by Crippen LogP contribution is -2.25. The van der Waals surface area contributed by atoms with E-state index in [1.165, 1.54) is 20.3 Å². The van der Waals surface area contributed by atoms with Gasteiger partial charge in [0.25, 0.3) is 5.91 Å². The number of rotatable bonds is 12. The molecule has 12 heteroatoms. The lowest BCUT2D eigenvalue weighted by atomic mass is 9.94. The Morgan fingerprint density at radius 3 is 2.60 bits per heavy atom. The third-order valence-corrected chi connectivity index (χ3v) is 7.49. The predicted molar refractivity (Wildman–Crippen MR) is 169 cm³/mol. The summed E-state index contributed by atoms with van der Waals surface area (Å²) in [5.74, 6) is -0.596. The number of halogens is 2. The molecule has 0 saturated heterocycles. The number of anilines is 2. The van der Waals surface area contributed by atoms with Crippen LogP contribution in [0.15, 0.2) is 65.8 Å². The molecule has 232 valence electrons. The van der Waals surface area contributed by atoms with Gasteiger partial charge >= 0.3 is 5.97 Å². The lowest BCUT2D eigenvalue weighted by Gasteiger charge is -2.15. The third-order valence-electron chi connectivity index (χ3n) is 7.25. The number of benzene rings is 3. The zero-order valence-electron chi connectivity index (χ0n) is 24.7. The minimum Gasteiger partial charge on any atom is -0.496 e. The van der Waals surface area contributed by atoms with Crippen LogP contribution in [-0.2, 0) is 11.3 Å². The fourth-order valence-corrected chi connectivity index (χ4v) is 5.24. The van der Waals surface area contributed by atoms with Gasteiger partial charge in [0.2, 0.25) is 5.95 Å². The van der Waals surface area contributed by atoms with Crippen LogP contribution < -0.4 is 20.1 Å². The Hall–Kier alpha value is -5.03. The van der Waals surface area contributed by atoms with Crippen LogP contribution in [0.3, 0.4) is 0 Å². The highest BCUT2D eigenvalue weighted by atomic mass is 35.5. The number of carbonyl (C=O) groups is 2. The molecule has 0 unspecified atom stereocenters. The Bertz CT molecular complexity index is 1780. The van der Waals surface area contributed by atoms with E-state index < -0.39 is 11.8 Å². The van der Waals surface area contributed by atoms with E-state index in [2.05, 4.69) is 15.6 Å². The van der Waals surface area contributed by atoms with E-state index >= 15 is 4.39 Å². The van der Waals surface area contributed by atoms with E-state index in [1.54, 1.807) is 48.7 Å². The van der Waals surface area contributed by atoms with Crippen molar-refractivity contribution < 1.29 is 28.6 Å². The van der Waals surface area contributed by atoms with E-state index in [1.807, 2.05) is 6.07 Å². The normalized spacial score (nSPS) is 11.9. The number of aliphatic carboxylic acids is 1. The lowest BCUT2D eigenvalue weighted by molar-refractivity contribution is -0.137. The molecule has 2 heterocycles. The number of fused-ring (bicyclic) bond motifs is 3. The summed E-state index contributed by atoms with van der Waals surface area (Å²) in [5.41, 5.74) is 4.24. The van der Waals surface area contributed by atoms with E-state index in [4.69, 9.17) is 36.2 Å². The Kier molecular flexibility index (Phi) is 9.89. The second-order valence-electron chi connectivity index (χ2n) is 10.2. The van der Waals surface area contributed by atoms with Crippen LogP contribution in [-0.4, -0.2) is 53.4 Å². The molecule has 5 rings (SSSR count). The Balaban J connectivity index is 1.38. The van der Waals surface area contributed by atoms with Gasteiger partial charge in [0.05, 0.1) is 43.3 Å². The molecule has 45 heavy (non-hydrogen) atoms. The molecule has 0 fully saturated rings. The number of carbonyl (C=O) groups excluding carboxylic acids is 1. The summed E-state index contributed by atoms with van der Waals surface area (Å²) in [6.07, 6.45) is 3.72. The molecule has 0 radical (unpaired) electrons. The minimum absolute atomic E-state index is 0.114. The van der Waals surface area contributed by atoms with Gasteiger partial charge in [-0.1, -0.05) is 30.2 Å². The van der Waals surface area contributed by atoms with Crippen molar-refractivity contribution in [2.45, 2.75) is 32.2 Å². The summed E-state index contributed by atoms with van der Waals surface area (Å²) < 4.78 is 26.1. The fourth-order valence-electron chi connectivity index (χ4n) is 5.06. The molecule has 0 aliphatic carbocycles. The first-order valence-corrected chi connectivity index (χ1v) is 14.7. The fraction of sp³-hybridized carbons (Fsp3) is 0.242. The van der Waals surface area contributed by atoms with Crippen LogP contribution in [0.1, 0.15) is 52.7 Å². The molecular weight excluding hydrogens is 601 g/mol. The first kappa shape index (κ1) is 31.4. The van der Waals surface area contributed by atoms with Crippen LogP contribution >= 0.6 is 11.6 Å². The minimum atomic E-state index is -0.826. The van der Waals surface area contributed by atoms with Gasteiger partial charge in [-0.05, 0) is 49.2 Å². The van der Waals surface area contributed by atoms with Crippen LogP contribution in [0.2, 0.25) is 5.02 Å². The van der Waals surface area contributed by atoms with Crippen molar-refractivity contribution in [1.82, 2.24) is 15.3 Å². The summed E-state index contributed by atoms with van der Waals surface area (Å²) in [7, 11) is 2.96. The number of carboxylic acids is 1. The molecule has 3 N–H and O–H groups in total. The molecule has 0 saturated carbocycles. The molecule has 1 aliphatic heterocycles. The average Bonchev–Trinajstić information content (AvgIpc) is 3.18. The number of aromatic nitrogens is 2. The molecule has 10 nitrogen and oxygen atoms in total. The smallest absolute Gasteiger partial charge is 0.303 e. The zero-order valence-corrected chi connectivity index (χ0v) is 25.4. The van der Waals surface area contributed by atoms with Crippen LogP contribution in [0.5, 0.6) is 11.5 Å². The maximum Gasteiger partial charge on any atom is 0.303 e. The topological polar surface area (TPSA) is 135 Å². The van der Waals surface area contributed by atoms with E-state index in [9.17, 15) is 9.59 Å². The van der Waals surface area contributed by atoms with Gasteiger partial charge < -0.3 is 25.2 Å². The molecule has 1 aliphatic rings. The number of amides is 1. The van der Waals surface area contributed by atoms with Crippen molar-refractivity contribution in [2.75, 3.05) is 26.1 Å². The van der Waals surface area contributed by atoms with Gasteiger partial charge in [0.15, 0.2) is 0 Å². The number of aliphatic imine (C=N–C) groups is 1. The summed E-state index contributed by atoms with van der Waals surface area (Å²) in [6.45, 7) is 0.623. The van der Waals surface area contributed by atoms with Crippen molar-refractivity contribution in [3.63, 3.8) is 0 Å². The number of hydrogen-bond donors (Lipinski definition) is 3. The summed E-state index contributed by atoms with van der Waals surface area (Å²) in [4.78, 5) is 37.5. The molecular formula is C33H31ClFN5O5. The molecule has 1 amide bonds. The van der Waals surface area contributed by atoms with E-state index in [0.29, 0.717) is 82.1 Å². The monoisotopic (exact) mass is 631 g/mol. The quantitative estimate of drug-likeness (QED) is 0.152. The van der Waals surface area contributed by atoms with E-state index in [-0.39, 0.29) is 24.4 Å². The molecule has 0 bridgehead atoms. The number of ether oxygens (including phenoxy) is 2. The maximum absolute atomic E-state index is 15.2. The molecule has 4 aromatic rings. The average molecular weight is 632 g/mol. The largest absolute Gasteiger partial charge is 0.496 e. The molecule has 1 aromatic heterocycles. The number of carboxylic acid groups (broad SMARTS) is 1. The van der Waals surface area contributed by atoms with Gasteiger partial charge in [-0.3, -0.25) is 14.6 Å². The number of nitrogens with zero attached hydrogens (tertiary/aromatic N) is 3. The van der Waals surface area contributed by atoms with Crippen molar-refractivity contribution in [1.29, 1.82) is 0 Å². The Labute approximate surface area is 264 Å². The predicted octanol–water partition coefficient (Wildman–Crippen LogP) is 6.42. The Morgan fingerprint density at radius 2 is 1.82 bits per heavy atom. The first-order chi connectivity index (χ1) is 21.8. The van der Waals surface area contributed by atoms with Crippen LogP contribution in [0, 0.1) is 5.82 Å². The summed E-state index contributed by atoms with van der Waals surface area (Å²) >= 11 is 6.40. The number of methoxy groups -OCH3 is 2. The van der Waals surface area contributed by atoms with Gasteiger partial charge in [0.1, 0.15) is 17.3 Å². The summed E-state index contributed by atoms with van der Waals surface area (Å²) in [5, 5.41) is 15.2. The highest BCUT2D eigenvalue weighted by Crippen LogP contribution is 2.36. The van der Waals surface area contributed by atoms with Gasteiger partial charge in [0, 0.05) is 52.6 Å². The van der Waals surface area contributed by atoms with Gasteiger partial charge in [-0.25, -0.2) is 14.4 Å². The third kappa shape index (κ3) is 7.21. The second-order valence-corrected chi connectivity index (χ2v) is 10.7. The van der Waals surface area contributed by atoms with Crippen molar-refractivity contribution in [2.24, 2.45) is 4.99 Å². The standard InChI is InChI=1S/C33H31ClFN5O5/c1-44-26-8-6-7-25(35)29(26)31-24-15-20(34)10-12-22(24)30-19(17-37-31)18-38-33(40-30)39-21-11-13-23(27(16-21)45-2)32(43)36-14-5-3-4-9-28(41)42/h6-8,10-13,15-16,18H,3-5,9,14,17H2,1-2H3,(H,36,43)(H,41,42)(H,38,39,40). The Morgan fingerprint density at radius 1 is 1.00 bits per heavy atom. The number of hydrogen-bond acceptors (Lipinski definition) is 8. The molecule has 3 aromatic carbocycles. The summed E-state index contributed by atoms with van der Waals surface area (Å²) in [6, 6.07) is 15.0. The number of nitrogens with one attached hydrogen (secondary N) is 2. The van der Waals surface area contributed by atoms with Crippen LogP contribution in [0.25, 0.3) is 11.3 Å². The number of unbranched alkanes of at least 4 members (excludes halogenated alkanes) is 2. The first-order valence-electron chi connectivity index (χ1n) is 14.3. The highest BCUT2D eigenvalue weighted by molar-refractivity contribution is 6.31. The highest BCUT2D eigenvalue weighted by Gasteiger charge is 2.25. The SMILES string of the molecule is COc1cc(Nc2ncc3c(n2)-c2ccc(Cl)cc2C(c2c(F)cccc2OC)=NC3)ccc1C(=O)NCCCCCC(=O)O.